The van der Waals surface area contributed by atoms with Crippen LogP contribution in [0.1, 0.15) is 0 Å². The zero-order valence-electron chi connectivity index (χ0n) is 7.91. The third-order valence-electron chi connectivity index (χ3n) is 2.24. The second kappa shape index (κ2) is 3.58. The number of benzene rings is 2. The third-order valence-corrected chi connectivity index (χ3v) is 6.90. The fraction of sp³-hybridized carbons (Fsp3) is 0. The van der Waals surface area contributed by atoms with E-state index in [1.54, 1.807) is 0 Å². The molecule has 0 aliphatic carbocycles. The maximum Gasteiger partial charge on any atom is 0.376 e. The molecular formula is C10H6O3S3. The van der Waals surface area contributed by atoms with Gasteiger partial charge >= 0.3 is 9.15 Å². The van der Waals surface area contributed by atoms with Crippen molar-refractivity contribution in [3.8, 4) is 5.75 Å². The Balaban J connectivity index is 2.33. The van der Waals surface area contributed by atoms with Crippen molar-refractivity contribution in [1.29, 1.82) is 0 Å². The minimum absolute atomic E-state index is 0.446. The van der Waals surface area contributed by atoms with Crippen molar-refractivity contribution in [3.63, 3.8) is 0 Å². The summed E-state index contributed by atoms with van der Waals surface area (Å²) in [6, 6.07) is 11.4. The first-order chi connectivity index (χ1) is 7.66. The predicted octanol–water partition coefficient (Wildman–Crippen LogP) is 3.22. The second-order valence-electron chi connectivity index (χ2n) is 3.26. The maximum absolute atomic E-state index is 11.4. The molecule has 0 saturated carbocycles. The van der Waals surface area contributed by atoms with Gasteiger partial charge in [0.1, 0.15) is 0 Å². The molecule has 0 spiro atoms. The van der Waals surface area contributed by atoms with E-state index < -0.39 is 9.15 Å². The number of hydrogen-bond donors (Lipinski definition) is 0. The average Bonchev–Trinajstić information content (AvgIpc) is 2.28. The normalized spacial score (nSPS) is 17.8. The summed E-state index contributed by atoms with van der Waals surface area (Å²) < 4.78 is 27.8. The van der Waals surface area contributed by atoms with Crippen LogP contribution in [-0.2, 0) is 9.15 Å². The van der Waals surface area contributed by atoms with Crippen LogP contribution in [0, 0.1) is 0 Å². The summed E-state index contributed by atoms with van der Waals surface area (Å²) in [6.45, 7) is 0. The lowest BCUT2D eigenvalue weighted by molar-refractivity contribution is 0.501. The molecule has 82 valence electrons. The van der Waals surface area contributed by atoms with Crippen molar-refractivity contribution in [2.24, 2.45) is 0 Å². The quantitative estimate of drug-likeness (QED) is 0.688. The fourth-order valence-corrected chi connectivity index (χ4v) is 5.35. The lowest BCUT2D eigenvalue weighted by Gasteiger charge is -2.16. The van der Waals surface area contributed by atoms with Gasteiger partial charge < -0.3 is 4.18 Å². The smallest absolute Gasteiger partial charge is 0.372 e. The van der Waals surface area contributed by atoms with E-state index >= 15 is 0 Å². The van der Waals surface area contributed by atoms with E-state index in [1.165, 1.54) is 10.8 Å². The van der Waals surface area contributed by atoms with Gasteiger partial charge in [0.15, 0.2) is 5.75 Å². The molecule has 3 rings (SSSR count). The highest BCUT2D eigenvalue weighted by Crippen LogP contribution is 2.49. The second-order valence-corrected chi connectivity index (χ2v) is 8.34. The molecular weight excluding hydrogens is 264 g/mol. The van der Waals surface area contributed by atoms with Crippen LogP contribution in [0.2, 0.25) is 0 Å². The summed E-state index contributed by atoms with van der Waals surface area (Å²) in [5.74, 6) is 0.446. The van der Waals surface area contributed by atoms with Gasteiger partial charge in [0.05, 0.1) is 14.7 Å². The van der Waals surface area contributed by atoms with Crippen LogP contribution in [0.5, 0.6) is 5.75 Å². The Morgan fingerprint density at radius 2 is 1.88 bits per heavy atom. The van der Waals surface area contributed by atoms with Gasteiger partial charge in [0.25, 0.3) is 0 Å². The highest BCUT2D eigenvalue weighted by Gasteiger charge is 2.26. The van der Waals surface area contributed by atoms with Crippen LogP contribution < -0.4 is 4.18 Å². The molecule has 2 aromatic carbocycles. The minimum Gasteiger partial charge on any atom is -0.372 e. The molecule has 0 saturated heterocycles. The first kappa shape index (κ1) is 10.3. The molecule has 0 unspecified atom stereocenters. The van der Waals surface area contributed by atoms with Crippen LogP contribution in [0.25, 0.3) is 10.8 Å². The SMILES string of the molecule is O=S1(=O)Oc2c(ccc3ccccc23)SS1. The zero-order chi connectivity index (χ0) is 11.2. The van der Waals surface area contributed by atoms with E-state index in [0.717, 1.165) is 25.5 Å². The molecule has 16 heavy (non-hydrogen) atoms. The van der Waals surface area contributed by atoms with Crippen molar-refractivity contribution >= 4 is 40.5 Å². The Morgan fingerprint density at radius 1 is 1.06 bits per heavy atom. The molecule has 3 nitrogen and oxygen atoms in total. The molecule has 0 radical (unpaired) electrons. The Hall–Kier alpha value is -0.850. The first-order valence-corrected chi connectivity index (χ1v) is 8.55. The number of hydrogen-bond acceptors (Lipinski definition) is 5. The lowest BCUT2D eigenvalue weighted by atomic mass is 10.1. The number of rotatable bonds is 0. The van der Waals surface area contributed by atoms with Gasteiger partial charge in [0, 0.05) is 5.39 Å². The van der Waals surface area contributed by atoms with Gasteiger partial charge in [-0.25, -0.2) is 0 Å². The van der Waals surface area contributed by atoms with E-state index in [4.69, 9.17) is 4.18 Å². The monoisotopic (exact) mass is 270 g/mol. The van der Waals surface area contributed by atoms with E-state index in [9.17, 15) is 8.42 Å². The van der Waals surface area contributed by atoms with E-state index in [0.29, 0.717) is 5.75 Å². The standard InChI is InChI=1S/C10H6O3S3/c11-16(12)13-10-8-4-2-1-3-7(8)5-6-9(10)14-15-16/h1-6H. The Morgan fingerprint density at radius 3 is 2.75 bits per heavy atom. The molecule has 0 fully saturated rings. The highest BCUT2D eigenvalue weighted by atomic mass is 33.5. The van der Waals surface area contributed by atoms with E-state index in [1.807, 2.05) is 36.4 Å². The summed E-state index contributed by atoms with van der Waals surface area (Å²) in [4.78, 5) is 0.846. The van der Waals surface area contributed by atoms with Gasteiger partial charge in [-0.3, -0.25) is 0 Å². The summed E-state index contributed by atoms with van der Waals surface area (Å²) in [7, 11) is -1.56. The summed E-state index contributed by atoms with van der Waals surface area (Å²) in [5, 5.41) is 1.81. The Labute approximate surface area is 100 Å². The van der Waals surface area contributed by atoms with Crippen molar-refractivity contribution in [3.05, 3.63) is 36.4 Å². The topological polar surface area (TPSA) is 43.4 Å². The Bertz CT molecular complexity index is 664. The predicted molar refractivity (Wildman–Crippen MR) is 66.9 cm³/mol. The minimum atomic E-state index is -3.51. The van der Waals surface area contributed by atoms with Crippen molar-refractivity contribution in [1.82, 2.24) is 0 Å². The van der Waals surface area contributed by atoms with Crippen LogP contribution in [-0.4, -0.2) is 8.42 Å². The van der Waals surface area contributed by atoms with Crippen molar-refractivity contribution in [2.45, 2.75) is 4.90 Å². The molecule has 1 aliphatic heterocycles. The maximum atomic E-state index is 11.4. The average molecular weight is 270 g/mol. The van der Waals surface area contributed by atoms with Crippen LogP contribution in [0.4, 0.5) is 0 Å². The highest BCUT2D eigenvalue weighted by molar-refractivity contribution is 9.06. The fourth-order valence-electron chi connectivity index (χ4n) is 1.57. The van der Waals surface area contributed by atoms with Crippen LogP contribution in [0.3, 0.4) is 0 Å². The Kier molecular flexibility index (Phi) is 2.31. The summed E-state index contributed by atoms with van der Waals surface area (Å²) in [6.07, 6.45) is 0. The molecule has 0 aromatic heterocycles. The number of fused-ring (bicyclic) bond motifs is 3. The van der Waals surface area contributed by atoms with Crippen LogP contribution >= 0.6 is 20.6 Å². The van der Waals surface area contributed by atoms with Crippen LogP contribution in [0.15, 0.2) is 41.3 Å². The molecule has 1 heterocycles. The third kappa shape index (κ3) is 1.66. The van der Waals surface area contributed by atoms with Gasteiger partial charge in [0.2, 0.25) is 0 Å². The summed E-state index contributed by atoms with van der Waals surface area (Å²) >= 11 is 0. The first-order valence-electron chi connectivity index (χ1n) is 4.48. The van der Waals surface area contributed by atoms with Gasteiger partial charge in [-0.1, -0.05) is 30.3 Å². The summed E-state index contributed by atoms with van der Waals surface area (Å²) in [5.41, 5.74) is 0. The molecule has 0 atom stereocenters. The molecule has 6 heteroatoms. The molecule has 2 aromatic rings. The molecule has 1 aliphatic rings. The molecule has 0 bridgehead atoms. The molecule has 0 amide bonds. The van der Waals surface area contributed by atoms with Gasteiger partial charge in [-0.15, -0.1) is 0 Å². The van der Waals surface area contributed by atoms with Gasteiger partial charge in [-0.2, -0.15) is 8.42 Å². The lowest BCUT2D eigenvalue weighted by Crippen LogP contribution is -2.07. The van der Waals surface area contributed by atoms with Crippen molar-refractivity contribution < 1.29 is 12.6 Å². The van der Waals surface area contributed by atoms with E-state index in [2.05, 4.69) is 0 Å². The zero-order valence-corrected chi connectivity index (χ0v) is 10.4. The largest absolute Gasteiger partial charge is 0.376 e. The van der Waals surface area contributed by atoms with Gasteiger partial charge in [-0.05, 0) is 22.2 Å². The van der Waals surface area contributed by atoms with E-state index in [-0.39, 0.29) is 0 Å². The molecule has 0 N–H and O–H groups in total. The van der Waals surface area contributed by atoms with Crippen molar-refractivity contribution in [2.75, 3.05) is 0 Å².